The Bertz CT molecular complexity index is 907. The van der Waals surface area contributed by atoms with Gasteiger partial charge in [-0.15, -0.1) is 0 Å². The second-order valence-corrected chi connectivity index (χ2v) is 8.41. The quantitative estimate of drug-likeness (QED) is 0.396. The van der Waals surface area contributed by atoms with Crippen molar-refractivity contribution in [2.75, 3.05) is 6.61 Å². The zero-order valence-corrected chi connectivity index (χ0v) is 18.1. The van der Waals surface area contributed by atoms with Gasteiger partial charge in [-0.25, -0.2) is 0 Å². The fourth-order valence-corrected chi connectivity index (χ4v) is 4.40. The fourth-order valence-electron chi connectivity index (χ4n) is 4.40. The molecule has 1 aliphatic carbocycles. The number of rotatable bonds is 8. The molecular weight excluding hydrogens is 372 g/mol. The van der Waals surface area contributed by atoms with Crippen LogP contribution in [-0.2, 0) is 0 Å². The number of aromatic nitrogens is 2. The molecule has 0 aliphatic heterocycles. The Kier molecular flexibility index (Phi) is 6.83. The van der Waals surface area contributed by atoms with Gasteiger partial charge >= 0.3 is 0 Å². The molecule has 2 aromatic carbocycles. The van der Waals surface area contributed by atoms with Gasteiger partial charge in [-0.3, -0.25) is 0 Å². The molecule has 158 valence electrons. The largest absolute Gasteiger partial charge is 0.494 e. The summed E-state index contributed by atoms with van der Waals surface area (Å²) in [5, 5.41) is 4.26. The Morgan fingerprint density at radius 3 is 2.10 bits per heavy atom. The van der Waals surface area contributed by atoms with Gasteiger partial charge in [0, 0.05) is 11.5 Å². The van der Waals surface area contributed by atoms with Crippen LogP contribution in [0.15, 0.2) is 53.1 Å². The van der Waals surface area contributed by atoms with E-state index in [9.17, 15) is 0 Å². The zero-order valence-electron chi connectivity index (χ0n) is 18.1. The van der Waals surface area contributed by atoms with Crippen molar-refractivity contribution in [3.63, 3.8) is 0 Å². The molecule has 0 saturated heterocycles. The van der Waals surface area contributed by atoms with E-state index in [1.807, 2.05) is 12.1 Å². The van der Waals surface area contributed by atoms with Crippen LogP contribution in [0.2, 0.25) is 0 Å². The van der Waals surface area contributed by atoms with Crippen molar-refractivity contribution in [3.8, 4) is 28.3 Å². The van der Waals surface area contributed by atoms with E-state index in [1.165, 1.54) is 49.7 Å². The zero-order chi connectivity index (χ0) is 20.8. The van der Waals surface area contributed by atoms with Crippen LogP contribution < -0.4 is 4.74 Å². The molecule has 1 heterocycles. The first kappa shape index (κ1) is 20.6. The smallest absolute Gasteiger partial charge is 0.230 e. The van der Waals surface area contributed by atoms with Crippen LogP contribution in [0.3, 0.4) is 0 Å². The molecule has 0 radical (unpaired) electrons. The molecule has 1 fully saturated rings. The van der Waals surface area contributed by atoms with Gasteiger partial charge in [0.15, 0.2) is 0 Å². The molecule has 1 aromatic heterocycles. The van der Waals surface area contributed by atoms with Crippen LogP contribution in [0.5, 0.6) is 5.75 Å². The predicted octanol–water partition coefficient (Wildman–Crippen LogP) is 7.27. The third kappa shape index (κ3) is 4.92. The standard InChI is InChI=1S/C26H32N2O2/c1-3-5-19-6-8-23(9-7-19)26-27-25(28-30-26)22-12-10-20(11-13-22)21-14-16-24(17-15-21)29-18-4-2/h10-17,19,23H,3-9,18H2,1-2H3. The lowest BCUT2D eigenvalue weighted by molar-refractivity contribution is 0.262. The summed E-state index contributed by atoms with van der Waals surface area (Å²) in [6.07, 6.45) is 8.56. The van der Waals surface area contributed by atoms with Crippen LogP contribution in [0, 0.1) is 5.92 Å². The Labute approximate surface area is 179 Å². The molecule has 4 nitrogen and oxygen atoms in total. The van der Waals surface area contributed by atoms with Crippen molar-refractivity contribution < 1.29 is 9.26 Å². The Morgan fingerprint density at radius 2 is 1.47 bits per heavy atom. The molecule has 1 aliphatic rings. The summed E-state index contributed by atoms with van der Waals surface area (Å²) in [6.45, 7) is 5.14. The molecule has 0 bridgehead atoms. The van der Waals surface area contributed by atoms with Crippen LogP contribution in [0.25, 0.3) is 22.5 Å². The van der Waals surface area contributed by atoms with E-state index in [0.29, 0.717) is 11.7 Å². The third-order valence-electron chi connectivity index (χ3n) is 6.14. The summed E-state index contributed by atoms with van der Waals surface area (Å²) < 4.78 is 11.3. The molecule has 0 amide bonds. The molecule has 3 aromatic rings. The number of ether oxygens (including phenoxy) is 1. The minimum atomic E-state index is 0.423. The van der Waals surface area contributed by atoms with Gasteiger partial charge < -0.3 is 9.26 Å². The highest BCUT2D eigenvalue weighted by atomic mass is 16.5. The molecule has 4 rings (SSSR count). The maximum absolute atomic E-state index is 5.67. The topological polar surface area (TPSA) is 48.2 Å². The molecule has 0 atom stereocenters. The first-order valence-electron chi connectivity index (χ1n) is 11.4. The highest BCUT2D eigenvalue weighted by Crippen LogP contribution is 2.37. The lowest BCUT2D eigenvalue weighted by atomic mass is 9.80. The van der Waals surface area contributed by atoms with Crippen molar-refractivity contribution in [2.24, 2.45) is 5.92 Å². The summed E-state index contributed by atoms with van der Waals surface area (Å²) in [7, 11) is 0. The van der Waals surface area contributed by atoms with Crippen LogP contribution in [0.4, 0.5) is 0 Å². The average molecular weight is 405 g/mol. The van der Waals surface area contributed by atoms with Crippen molar-refractivity contribution in [1.29, 1.82) is 0 Å². The minimum Gasteiger partial charge on any atom is -0.494 e. The second-order valence-electron chi connectivity index (χ2n) is 8.41. The molecule has 1 saturated carbocycles. The van der Waals surface area contributed by atoms with Gasteiger partial charge in [-0.1, -0.05) is 68.2 Å². The molecule has 30 heavy (non-hydrogen) atoms. The van der Waals surface area contributed by atoms with Crippen molar-refractivity contribution in [3.05, 3.63) is 54.4 Å². The average Bonchev–Trinajstić information content (AvgIpc) is 3.29. The van der Waals surface area contributed by atoms with E-state index in [2.05, 4.69) is 55.4 Å². The van der Waals surface area contributed by atoms with Crippen LogP contribution in [0.1, 0.15) is 70.6 Å². The van der Waals surface area contributed by atoms with E-state index in [-0.39, 0.29) is 0 Å². The van der Waals surface area contributed by atoms with Gasteiger partial charge in [-0.2, -0.15) is 4.98 Å². The number of nitrogens with zero attached hydrogens (tertiary/aromatic N) is 2. The molecule has 0 N–H and O–H groups in total. The summed E-state index contributed by atoms with van der Waals surface area (Å²) in [5.41, 5.74) is 3.33. The Morgan fingerprint density at radius 1 is 0.833 bits per heavy atom. The maximum Gasteiger partial charge on any atom is 0.230 e. The fraction of sp³-hybridized carbons (Fsp3) is 0.462. The number of benzene rings is 2. The van der Waals surface area contributed by atoms with Crippen molar-refractivity contribution in [2.45, 2.75) is 64.7 Å². The number of hydrogen-bond acceptors (Lipinski definition) is 4. The van der Waals surface area contributed by atoms with E-state index < -0.39 is 0 Å². The van der Waals surface area contributed by atoms with Gasteiger partial charge in [-0.05, 0) is 61.3 Å². The highest BCUT2D eigenvalue weighted by Gasteiger charge is 2.26. The molecule has 4 heteroatoms. The van der Waals surface area contributed by atoms with Gasteiger partial charge in [0.2, 0.25) is 11.7 Å². The normalized spacial score (nSPS) is 19.0. The Hall–Kier alpha value is -2.62. The first-order valence-corrected chi connectivity index (χ1v) is 11.4. The van der Waals surface area contributed by atoms with E-state index in [0.717, 1.165) is 36.1 Å². The summed E-state index contributed by atoms with van der Waals surface area (Å²) >= 11 is 0. The van der Waals surface area contributed by atoms with E-state index >= 15 is 0 Å². The van der Waals surface area contributed by atoms with Gasteiger partial charge in [0.1, 0.15) is 5.75 Å². The van der Waals surface area contributed by atoms with Gasteiger partial charge in [0.25, 0.3) is 0 Å². The maximum atomic E-state index is 5.67. The molecule has 0 unspecified atom stereocenters. The van der Waals surface area contributed by atoms with Crippen molar-refractivity contribution >= 4 is 0 Å². The SMILES string of the molecule is CCCOc1ccc(-c2ccc(-c3noc(C4CCC(CCC)CC4)n3)cc2)cc1. The predicted molar refractivity (Wildman–Crippen MR) is 121 cm³/mol. The number of hydrogen-bond donors (Lipinski definition) is 0. The molecule has 0 spiro atoms. The lowest BCUT2D eigenvalue weighted by Crippen LogP contribution is -2.13. The summed E-state index contributed by atoms with van der Waals surface area (Å²) in [5.74, 6) is 3.73. The van der Waals surface area contributed by atoms with E-state index in [1.54, 1.807) is 0 Å². The van der Waals surface area contributed by atoms with Crippen LogP contribution >= 0.6 is 0 Å². The minimum absolute atomic E-state index is 0.423. The first-order chi connectivity index (χ1) is 14.8. The molecular formula is C26H32N2O2. The van der Waals surface area contributed by atoms with E-state index in [4.69, 9.17) is 14.2 Å². The van der Waals surface area contributed by atoms with Crippen LogP contribution in [-0.4, -0.2) is 16.7 Å². The Balaban J connectivity index is 1.40. The lowest BCUT2D eigenvalue weighted by Gasteiger charge is -2.25. The summed E-state index contributed by atoms with van der Waals surface area (Å²) in [4.78, 5) is 4.72. The second kappa shape index (κ2) is 9.92. The highest BCUT2D eigenvalue weighted by molar-refractivity contribution is 5.68. The third-order valence-corrected chi connectivity index (χ3v) is 6.14. The monoisotopic (exact) mass is 404 g/mol. The van der Waals surface area contributed by atoms with Gasteiger partial charge in [0.05, 0.1) is 6.61 Å². The van der Waals surface area contributed by atoms with Crippen molar-refractivity contribution in [1.82, 2.24) is 10.1 Å². The summed E-state index contributed by atoms with van der Waals surface area (Å²) in [6, 6.07) is 16.6.